The second kappa shape index (κ2) is 8.79. The number of unbranched alkanes of at least 4 members (excludes halogenated alkanes) is 1. The lowest BCUT2D eigenvalue weighted by Gasteiger charge is -2.28. The molecule has 2 atom stereocenters. The fraction of sp³-hybridized carbons (Fsp3) is 0.556. The monoisotopic (exact) mass is 411 g/mol. The number of rotatable bonds is 7. The molecule has 1 fully saturated rings. The first kappa shape index (κ1) is 21.3. The van der Waals surface area contributed by atoms with Crippen LogP contribution in [0.25, 0.3) is 0 Å². The Kier molecular flexibility index (Phi) is 6.94. The summed E-state index contributed by atoms with van der Waals surface area (Å²) < 4.78 is 30.9. The molecular formula is C18H25N3O4S2. The Morgan fingerprint density at radius 2 is 2.15 bits per heavy atom. The standard InChI is InChI=1S/C18H25N3O4S2/c1-5-6-9-21(17(26)19-3)16(22)18(11-12(18)2)13-7-8-15(25-4)14(10-13)20-27(23)24/h7-8,10,12H,5-6,9,11H2,1-4H3,(H,19,26). The summed E-state index contributed by atoms with van der Waals surface area (Å²) in [7, 11) is 0.529. The normalized spacial score (nSPS) is 20.5. The summed E-state index contributed by atoms with van der Waals surface area (Å²) in [5.74, 6) is 0.391. The van der Waals surface area contributed by atoms with Crippen LogP contribution in [0.2, 0.25) is 0 Å². The van der Waals surface area contributed by atoms with Crippen molar-refractivity contribution in [3.8, 4) is 5.75 Å². The number of nitrogens with zero attached hydrogens (tertiary/aromatic N) is 2. The fourth-order valence-corrected chi connectivity index (χ4v) is 3.83. The van der Waals surface area contributed by atoms with Crippen LogP contribution in [-0.2, 0) is 20.7 Å². The summed E-state index contributed by atoms with van der Waals surface area (Å²) in [6.07, 6.45) is 2.46. The molecule has 1 aromatic carbocycles. The van der Waals surface area contributed by atoms with E-state index in [1.165, 1.54) is 7.11 Å². The van der Waals surface area contributed by atoms with Crippen molar-refractivity contribution in [2.24, 2.45) is 10.3 Å². The lowest BCUT2D eigenvalue weighted by molar-refractivity contribution is -0.130. The van der Waals surface area contributed by atoms with E-state index in [0.717, 1.165) is 18.4 Å². The van der Waals surface area contributed by atoms with Gasteiger partial charge in [0, 0.05) is 13.6 Å². The van der Waals surface area contributed by atoms with E-state index in [-0.39, 0.29) is 17.5 Å². The molecule has 0 aromatic heterocycles. The Labute approximate surface area is 166 Å². The van der Waals surface area contributed by atoms with Gasteiger partial charge in [0.05, 0.1) is 12.5 Å². The van der Waals surface area contributed by atoms with Gasteiger partial charge >= 0.3 is 10.5 Å². The van der Waals surface area contributed by atoms with Crippen LogP contribution in [0.1, 0.15) is 38.7 Å². The molecule has 0 radical (unpaired) electrons. The Balaban J connectivity index is 2.49. The Morgan fingerprint density at radius 1 is 1.48 bits per heavy atom. The summed E-state index contributed by atoms with van der Waals surface area (Å²) in [6, 6.07) is 5.07. The van der Waals surface area contributed by atoms with Crippen LogP contribution in [-0.4, -0.2) is 45.0 Å². The smallest absolute Gasteiger partial charge is 0.316 e. The maximum atomic E-state index is 13.4. The van der Waals surface area contributed by atoms with Crippen molar-refractivity contribution in [2.45, 2.75) is 38.5 Å². The molecule has 0 spiro atoms. The quantitative estimate of drug-likeness (QED) is 0.694. The van der Waals surface area contributed by atoms with Gasteiger partial charge in [-0.15, -0.1) is 4.36 Å². The van der Waals surface area contributed by atoms with Crippen LogP contribution < -0.4 is 10.1 Å². The van der Waals surface area contributed by atoms with Crippen molar-refractivity contribution in [3.63, 3.8) is 0 Å². The molecule has 0 heterocycles. The molecule has 9 heteroatoms. The van der Waals surface area contributed by atoms with Gasteiger partial charge in [-0.2, -0.15) is 8.42 Å². The number of nitrogens with one attached hydrogen (secondary N) is 1. The molecule has 2 unspecified atom stereocenters. The zero-order chi connectivity index (χ0) is 20.2. The van der Waals surface area contributed by atoms with Crippen LogP contribution in [0, 0.1) is 5.92 Å². The Morgan fingerprint density at radius 3 is 2.63 bits per heavy atom. The van der Waals surface area contributed by atoms with Crippen molar-refractivity contribution in [3.05, 3.63) is 23.8 Å². The van der Waals surface area contributed by atoms with E-state index in [1.54, 1.807) is 30.1 Å². The van der Waals surface area contributed by atoms with Gasteiger partial charge in [-0.25, -0.2) is 0 Å². The van der Waals surface area contributed by atoms with Gasteiger partial charge in [0.2, 0.25) is 5.91 Å². The van der Waals surface area contributed by atoms with E-state index in [2.05, 4.69) is 16.6 Å². The highest BCUT2D eigenvalue weighted by Crippen LogP contribution is 2.56. The second-order valence-electron chi connectivity index (χ2n) is 6.64. The summed E-state index contributed by atoms with van der Waals surface area (Å²) in [5, 5.41) is 3.29. The highest BCUT2D eigenvalue weighted by molar-refractivity contribution is 7.80. The molecule has 27 heavy (non-hydrogen) atoms. The number of ether oxygens (including phenoxy) is 1. The zero-order valence-electron chi connectivity index (χ0n) is 16.0. The first-order chi connectivity index (χ1) is 12.8. The Hall–Kier alpha value is -2.00. The minimum atomic E-state index is -2.62. The molecular weight excluding hydrogens is 386 g/mol. The molecule has 1 N–H and O–H groups in total. The van der Waals surface area contributed by atoms with Crippen molar-refractivity contribution >= 4 is 39.4 Å². The lowest BCUT2D eigenvalue weighted by Crippen LogP contribution is -2.48. The maximum absolute atomic E-state index is 13.4. The van der Waals surface area contributed by atoms with Crippen molar-refractivity contribution < 1.29 is 17.9 Å². The number of hydrogen-bond donors (Lipinski definition) is 1. The van der Waals surface area contributed by atoms with Crippen LogP contribution in [0.4, 0.5) is 5.69 Å². The van der Waals surface area contributed by atoms with E-state index < -0.39 is 15.9 Å². The van der Waals surface area contributed by atoms with Crippen molar-refractivity contribution in [1.82, 2.24) is 10.2 Å². The molecule has 0 aliphatic heterocycles. The van der Waals surface area contributed by atoms with Crippen molar-refractivity contribution in [2.75, 3.05) is 20.7 Å². The number of carbonyl (C=O) groups is 1. The molecule has 1 aliphatic carbocycles. The van der Waals surface area contributed by atoms with Crippen LogP contribution in [0.15, 0.2) is 22.6 Å². The van der Waals surface area contributed by atoms with Crippen molar-refractivity contribution in [1.29, 1.82) is 0 Å². The molecule has 148 valence electrons. The largest absolute Gasteiger partial charge is 0.494 e. The minimum absolute atomic E-state index is 0.0674. The van der Waals surface area contributed by atoms with Gasteiger partial charge in [-0.3, -0.25) is 9.69 Å². The molecule has 0 saturated heterocycles. The highest BCUT2D eigenvalue weighted by atomic mass is 32.2. The van der Waals surface area contributed by atoms with E-state index >= 15 is 0 Å². The summed E-state index contributed by atoms with van der Waals surface area (Å²) in [4.78, 5) is 15.1. The zero-order valence-corrected chi connectivity index (χ0v) is 17.6. The molecule has 1 amide bonds. The minimum Gasteiger partial charge on any atom is -0.494 e. The summed E-state index contributed by atoms with van der Waals surface area (Å²) in [5.41, 5.74) is 0.187. The van der Waals surface area contributed by atoms with Gasteiger partial charge < -0.3 is 10.1 Å². The predicted octanol–water partition coefficient (Wildman–Crippen LogP) is 2.80. The third-order valence-corrected chi connectivity index (χ3v) is 5.77. The average Bonchev–Trinajstić information content (AvgIpc) is 3.33. The topological polar surface area (TPSA) is 88.1 Å². The van der Waals surface area contributed by atoms with Gasteiger partial charge in [-0.05, 0) is 48.7 Å². The number of hydrogen-bond acceptors (Lipinski definition) is 6. The highest BCUT2D eigenvalue weighted by Gasteiger charge is 2.60. The Bertz CT molecular complexity index is 861. The average molecular weight is 412 g/mol. The number of carbonyl (C=O) groups excluding carboxylic acids is 1. The van der Waals surface area contributed by atoms with Crippen LogP contribution in [0.3, 0.4) is 0 Å². The number of thiocarbonyl (C=S) groups is 1. The fourth-order valence-electron chi connectivity index (χ4n) is 3.35. The number of methoxy groups -OCH3 is 1. The van der Waals surface area contributed by atoms with Gasteiger partial charge in [0.25, 0.3) is 0 Å². The van der Waals surface area contributed by atoms with Crippen LogP contribution >= 0.6 is 12.2 Å². The third-order valence-electron chi connectivity index (χ3n) is 5.00. The van der Waals surface area contributed by atoms with E-state index in [1.807, 2.05) is 6.92 Å². The van der Waals surface area contributed by atoms with Gasteiger partial charge in [0.15, 0.2) is 5.11 Å². The van der Waals surface area contributed by atoms with Crippen LogP contribution in [0.5, 0.6) is 5.75 Å². The molecule has 1 saturated carbocycles. The third kappa shape index (κ3) is 4.30. The van der Waals surface area contributed by atoms with E-state index in [9.17, 15) is 13.2 Å². The van der Waals surface area contributed by atoms with E-state index in [4.69, 9.17) is 17.0 Å². The molecule has 1 aliphatic rings. The van der Waals surface area contributed by atoms with Gasteiger partial charge in [0.1, 0.15) is 11.4 Å². The first-order valence-electron chi connectivity index (χ1n) is 8.85. The van der Waals surface area contributed by atoms with E-state index in [0.29, 0.717) is 23.8 Å². The second-order valence-corrected chi connectivity index (χ2v) is 7.64. The molecule has 2 rings (SSSR count). The first-order valence-corrected chi connectivity index (χ1v) is 10.3. The molecule has 0 bridgehead atoms. The lowest BCUT2D eigenvalue weighted by atomic mass is 9.91. The maximum Gasteiger partial charge on any atom is 0.316 e. The number of benzene rings is 1. The van der Waals surface area contributed by atoms with Gasteiger partial charge in [-0.1, -0.05) is 26.3 Å². The number of amides is 1. The predicted molar refractivity (Wildman–Crippen MR) is 108 cm³/mol. The molecule has 1 aromatic rings. The SMILES string of the molecule is CCCCN(C(=O)C1(c2ccc(OC)c(N=S(=O)=O)c2)CC1C)C(=S)NC. The summed E-state index contributed by atoms with van der Waals surface area (Å²) >= 11 is 5.35. The summed E-state index contributed by atoms with van der Waals surface area (Å²) in [6.45, 7) is 4.60. The molecule has 7 nitrogen and oxygen atoms in total.